The summed E-state index contributed by atoms with van der Waals surface area (Å²) in [6.07, 6.45) is 1.19. The first kappa shape index (κ1) is 16.2. The number of anilines is 1. The van der Waals surface area contributed by atoms with Gasteiger partial charge in [-0.05, 0) is 49.6 Å². The van der Waals surface area contributed by atoms with E-state index in [1.165, 1.54) is 6.07 Å². The predicted octanol–water partition coefficient (Wildman–Crippen LogP) is 2.32. The highest BCUT2D eigenvalue weighted by Gasteiger charge is 2.14. The Morgan fingerprint density at radius 3 is 2.50 bits per heavy atom. The van der Waals surface area contributed by atoms with Gasteiger partial charge in [-0.15, -0.1) is 0 Å². The molecule has 0 aliphatic heterocycles. The number of nitrogens with one attached hydrogen (secondary N) is 1. The molecule has 1 aromatic carbocycles. The maximum absolute atomic E-state index is 11.9. The van der Waals surface area contributed by atoms with E-state index in [4.69, 9.17) is 10.8 Å². The summed E-state index contributed by atoms with van der Waals surface area (Å²) in [6.45, 7) is 6.04. The first-order valence-corrected chi connectivity index (χ1v) is 6.73. The van der Waals surface area contributed by atoms with Crippen molar-refractivity contribution in [3.63, 3.8) is 0 Å². The van der Waals surface area contributed by atoms with Gasteiger partial charge in [-0.25, -0.2) is 4.79 Å². The van der Waals surface area contributed by atoms with Crippen LogP contribution in [-0.2, 0) is 4.79 Å². The Morgan fingerprint density at radius 1 is 1.35 bits per heavy atom. The van der Waals surface area contributed by atoms with Crippen LogP contribution >= 0.6 is 0 Å². The quantitative estimate of drug-likeness (QED) is 0.744. The number of carbonyl (C=O) groups is 2. The summed E-state index contributed by atoms with van der Waals surface area (Å²) in [6, 6.07) is 3.27. The molecule has 1 amide bonds. The third-order valence-electron chi connectivity index (χ3n) is 3.57. The van der Waals surface area contributed by atoms with E-state index >= 15 is 0 Å². The van der Waals surface area contributed by atoms with Crippen LogP contribution in [0.5, 0.6) is 0 Å². The highest BCUT2D eigenvalue weighted by molar-refractivity contribution is 5.95. The molecule has 110 valence electrons. The summed E-state index contributed by atoms with van der Waals surface area (Å²) in [4.78, 5) is 23.1. The number of carboxylic acids is 1. The Bertz CT molecular complexity index is 508. The fraction of sp³-hybridized carbons (Fsp3) is 0.467. The smallest absolute Gasteiger partial charge is 0.336 e. The van der Waals surface area contributed by atoms with Crippen LogP contribution in [0.4, 0.5) is 5.69 Å². The molecule has 5 heteroatoms. The Balaban J connectivity index is 2.88. The van der Waals surface area contributed by atoms with Gasteiger partial charge >= 0.3 is 5.97 Å². The second-order valence-corrected chi connectivity index (χ2v) is 5.03. The van der Waals surface area contributed by atoms with Crippen molar-refractivity contribution >= 4 is 17.6 Å². The normalized spacial score (nSPS) is 12.0. The van der Waals surface area contributed by atoms with Gasteiger partial charge < -0.3 is 16.2 Å². The van der Waals surface area contributed by atoms with E-state index in [0.29, 0.717) is 24.2 Å². The largest absolute Gasteiger partial charge is 0.478 e. The molecule has 0 spiro atoms. The number of aryl methyl sites for hydroxylation is 1. The van der Waals surface area contributed by atoms with Gasteiger partial charge in [0.15, 0.2) is 0 Å². The number of amides is 1. The lowest BCUT2D eigenvalue weighted by atomic mass is 10.0. The molecular formula is C15H22N2O3. The fourth-order valence-electron chi connectivity index (χ4n) is 2.02. The van der Waals surface area contributed by atoms with Gasteiger partial charge in [0.05, 0.1) is 5.56 Å². The van der Waals surface area contributed by atoms with E-state index in [9.17, 15) is 9.59 Å². The van der Waals surface area contributed by atoms with E-state index in [0.717, 1.165) is 12.0 Å². The van der Waals surface area contributed by atoms with Crippen molar-refractivity contribution in [2.45, 2.75) is 33.6 Å². The molecule has 1 rings (SSSR count). The summed E-state index contributed by atoms with van der Waals surface area (Å²) in [5.74, 6) is -0.975. The van der Waals surface area contributed by atoms with Crippen LogP contribution in [0.1, 0.15) is 41.3 Å². The first-order valence-electron chi connectivity index (χ1n) is 6.73. The molecule has 0 bridgehead atoms. The van der Waals surface area contributed by atoms with Gasteiger partial charge in [-0.1, -0.05) is 13.3 Å². The van der Waals surface area contributed by atoms with Crippen molar-refractivity contribution in [2.24, 2.45) is 11.7 Å². The first-order chi connectivity index (χ1) is 9.38. The lowest BCUT2D eigenvalue weighted by molar-refractivity contribution is -0.117. The van der Waals surface area contributed by atoms with Gasteiger partial charge in [0, 0.05) is 12.1 Å². The van der Waals surface area contributed by atoms with Gasteiger partial charge in [0.1, 0.15) is 0 Å². The van der Waals surface area contributed by atoms with Gasteiger partial charge in [0.2, 0.25) is 5.91 Å². The van der Waals surface area contributed by atoms with E-state index < -0.39 is 5.97 Å². The van der Waals surface area contributed by atoms with E-state index in [2.05, 4.69) is 5.32 Å². The van der Waals surface area contributed by atoms with Crippen LogP contribution in [0.25, 0.3) is 0 Å². The Hall–Kier alpha value is -1.88. The van der Waals surface area contributed by atoms with Crippen LogP contribution in [0, 0.1) is 19.8 Å². The number of benzene rings is 1. The second kappa shape index (κ2) is 7.05. The molecule has 1 atom stereocenters. The maximum atomic E-state index is 11.9. The average molecular weight is 278 g/mol. The Labute approximate surface area is 119 Å². The fourth-order valence-corrected chi connectivity index (χ4v) is 2.02. The number of carboxylic acid groups (broad SMARTS) is 1. The third kappa shape index (κ3) is 4.06. The van der Waals surface area contributed by atoms with Crippen LogP contribution in [0.15, 0.2) is 12.1 Å². The molecule has 0 fully saturated rings. The molecule has 0 aliphatic carbocycles. The predicted molar refractivity (Wildman–Crippen MR) is 79.0 cm³/mol. The molecule has 0 heterocycles. The zero-order valence-electron chi connectivity index (χ0n) is 12.2. The summed E-state index contributed by atoms with van der Waals surface area (Å²) in [5, 5.41) is 11.9. The molecule has 4 N–H and O–H groups in total. The number of carbonyl (C=O) groups excluding carboxylic acids is 1. The summed E-state index contributed by atoms with van der Waals surface area (Å²) in [7, 11) is 0. The molecule has 1 unspecified atom stereocenters. The third-order valence-corrected chi connectivity index (χ3v) is 3.57. The van der Waals surface area contributed by atoms with E-state index in [1.54, 1.807) is 13.0 Å². The minimum atomic E-state index is -0.991. The molecule has 0 aromatic heterocycles. The number of aromatic carboxylic acids is 1. The van der Waals surface area contributed by atoms with Crippen molar-refractivity contribution < 1.29 is 14.7 Å². The van der Waals surface area contributed by atoms with Crippen molar-refractivity contribution in [1.29, 1.82) is 0 Å². The minimum absolute atomic E-state index is 0.137. The molecule has 0 saturated heterocycles. The zero-order valence-corrected chi connectivity index (χ0v) is 12.2. The summed E-state index contributed by atoms with van der Waals surface area (Å²) >= 11 is 0. The lowest BCUT2D eigenvalue weighted by Gasteiger charge is -2.14. The van der Waals surface area contributed by atoms with Gasteiger partial charge in [0.25, 0.3) is 0 Å². The maximum Gasteiger partial charge on any atom is 0.336 e. The molecular weight excluding hydrogens is 256 g/mol. The van der Waals surface area contributed by atoms with Gasteiger partial charge in [-0.3, -0.25) is 4.79 Å². The highest BCUT2D eigenvalue weighted by atomic mass is 16.4. The number of hydrogen-bond donors (Lipinski definition) is 3. The summed E-state index contributed by atoms with van der Waals surface area (Å²) < 4.78 is 0. The van der Waals surface area contributed by atoms with Crippen LogP contribution in [-0.4, -0.2) is 23.5 Å². The van der Waals surface area contributed by atoms with Crippen molar-refractivity contribution in [2.75, 3.05) is 11.9 Å². The van der Waals surface area contributed by atoms with E-state index in [1.807, 2.05) is 13.8 Å². The van der Waals surface area contributed by atoms with Crippen molar-refractivity contribution in [1.82, 2.24) is 0 Å². The average Bonchev–Trinajstić information content (AvgIpc) is 2.39. The SMILES string of the molecule is CCC(CN)CC(=O)Nc1cc(C)c(C)c(C(=O)O)c1. The van der Waals surface area contributed by atoms with Crippen molar-refractivity contribution in [3.8, 4) is 0 Å². The molecule has 0 saturated carbocycles. The molecule has 5 nitrogen and oxygen atoms in total. The Kier molecular flexibility index (Phi) is 5.70. The molecule has 0 aliphatic rings. The topological polar surface area (TPSA) is 92.4 Å². The molecule has 1 aromatic rings. The number of nitrogens with two attached hydrogens (primary N) is 1. The standard InChI is InChI=1S/C15H22N2O3/c1-4-11(8-16)6-14(18)17-12-5-9(2)10(3)13(7-12)15(19)20/h5,7,11H,4,6,8,16H2,1-3H3,(H,17,18)(H,19,20). The zero-order chi connectivity index (χ0) is 15.3. The van der Waals surface area contributed by atoms with Gasteiger partial charge in [-0.2, -0.15) is 0 Å². The lowest BCUT2D eigenvalue weighted by Crippen LogP contribution is -2.22. The minimum Gasteiger partial charge on any atom is -0.478 e. The van der Waals surface area contributed by atoms with Crippen molar-refractivity contribution in [3.05, 3.63) is 28.8 Å². The van der Waals surface area contributed by atoms with E-state index in [-0.39, 0.29) is 17.4 Å². The molecule has 20 heavy (non-hydrogen) atoms. The highest BCUT2D eigenvalue weighted by Crippen LogP contribution is 2.20. The molecule has 0 radical (unpaired) electrons. The van der Waals surface area contributed by atoms with Crippen LogP contribution in [0.2, 0.25) is 0 Å². The monoisotopic (exact) mass is 278 g/mol. The van der Waals surface area contributed by atoms with Crippen LogP contribution < -0.4 is 11.1 Å². The number of hydrogen-bond acceptors (Lipinski definition) is 3. The summed E-state index contributed by atoms with van der Waals surface area (Å²) in [5.41, 5.74) is 7.86. The second-order valence-electron chi connectivity index (χ2n) is 5.03. The Morgan fingerprint density at radius 2 is 2.00 bits per heavy atom. The van der Waals surface area contributed by atoms with Crippen LogP contribution in [0.3, 0.4) is 0 Å². The number of rotatable bonds is 6.